The first-order chi connectivity index (χ1) is 8.77. The molecule has 2 aromatic carbocycles. The molecule has 1 N–H and O–H groups in total. The largest absolute Gasteiger partial charge is 0.383 e. The van der Waals surface area contributed by atoms with Crippen molar-refractivity contribution in [2.24, 2.45) is 0 Å². The van der Waals surface area contributed by atoms with Crippen molar-refractivity contribution < 1.29 is 0 Å². The number of hydrogen-bond donors (Lipinski definition) is 1. The fourth-order valence-corrected chi connectivity index (χ4v) is 3.15. The third-order valence-electron chi connectivity index (χ3n) is 2.39. The predicted molar refractivity (Wildman–Crippen MR) is 84.8 cm³/mol. The molecule has 0 amide bonds. The monoisotopic (exact) mass is 341 g/mol. The lowest BCUT2D eigenvalue weighted by atomic mass is 10.3. The molecule has 0 atom stereocenters. The molecule has 0 radical (unpaired) electrons. The molecule has 0 fully saturated rings. The fraction of sp³-hybridized carbons (Fsp3) is 0.143. The first kappa shape index (κ1) is 13.8. The molecule has 0 aliphatic heterocycles. The Kier molecular flexibility index (Phi) is 5.42. The summed E-state index contributed by atoms with van der Waals surface area (Å²) in [6.07, 6.45) is 0. The third kappa shape index (κ3) is 3.94. The average molecular weight is 343 g/mol. The maximum absolute atomic E-state index is 6.07. The molecule has 0 saturated heterocycles. The third-order valence-corrected chi connectivity index (χ3v) is 4.74. The second-order valence-corrected chi connectivity index (χ2v) is 6.08. The molecule has 0 bridgehead atoms. The van der Waals surface area contributed by atoms with Gasteiger partial charge in [0.25, 0.3) is 0 Å². The molecule has 0 aliphatic rings. The van der Waals surface area contributed by atoms with Crippen LogP contribution in [0.2, 0.25) is 5.02 Å². The summed E-state index contributed by atoms with van der Waals surface area (Å²) in [4.78, 5) is 1.26. The van der Waals surface area contributed by atoms with Crippen LogP contribution in [0.25, 0.3) is 0 Å². The smallest absolute Gasteiger partial charge is 0.0637 e. The van der Waals surface area contributed by atoms with E-state index in [0.717, 1.165) is 27.5 Å². The van der Waals surface area contributed by atoms with Crippen LogP contribution in [0.5, 0.6) is 0 Å². The zero-order chi connectivity index (χ0) is 12.8. The summed E-state index contributed by atoms with van der Waals surface area (Å²) >= 11 is 11.4. The second-order valence-electron chi connectivity index (χ2n) is 3.69. The molecule has 0 saturated carbocycles. The van der Waals surface area contributed by atoms with Gasteiger partial charge in [0.15, 0.2) is 0 Å². The number of thioether (sulfide) groups is 1. The Balaban J connectivity index is 1.80. The van der Waals surface area contributed by atoms with Gasteiger partial charge in [0.05, 0.1) is 10.7 Å². The van der Waals surface area contributed by atoms with Crippen molar-refractivity contribution in [1.82, 2.24) is 0 Å². The van der Waals surface area contributed by atoms with Gasteiger partial charge in [0, 0.05) is 21.7 Å². The first-order valence-electron chi connectivity index (χ1n) is 5.63. The molecular weight excluding hydrogens is 330 g/mol. The summed E-state index contributed by atoms with van der Waals surface area (Å²) in [6, 6.07) is 16.0. The number of rotatable bonds is 5. The Hall–Kier alpha value is -0.640. The average Bonchev–Trinajstić information content (AvgIpc) is 2.38. The van der Waals surface area contributed by atoms with Crippen molar-refractivity contribution >= 4 is 45.0 Å². The van der Waals surface area contributed by atoms with Gasteiger partial charge >= 0.3 is 0 Å². The molecule has 2 aromatic rings. The van der Waals surface area contributed by atoms with E-state index in [9.17, 15) is 0 Å². The van der Waals surface area contributed by atoms with Gasteiger partial charge in [-0.3, -0.25) is 0 Å². The maximum Gasteiger partial charge on any atom is 0.0637 e. The van der Waals surface area contributed by atoms with E-state index in [0.29, 0.717) is 0 Å². The Labute approximate surface area is 125 Å². The van der Waals surface area contributed by atoms with Crippen LogP contribution in [-0.2, 0) is 0 Å². The van der Waals surface area contributed by atoms with Gasteiger partial charge in [0.1, 0.15) is 0 Å². The minimum atomic E-state index is 0.767. The molecule has 0 spiro atoms. The van der Waals surface area contributed by atoms with Crippen LogP contribution in [0.15, 0.2) is 57.9 Å². The van der Waals surface area contributed by atoms with Crippen LogP contribution in [0.1, 0.15) is 0 Å². The predicted octanol–water partition coefficient (Wildman–Crippen LogP) is 5.31. The lowest BCUT2D eigenvalue weighted by molar-refractivity contribution is 1.22. The minimum Gasteiger partial charge on any atom is -0.383 e. The SMILES string of the molecule is Clc1ccccc1NCCSc1ccccc1Br. The Morgan fingerprint density at radius 3 is 2.56 bits per heavy atom. The quantitative estimate of drug-likeness (QED) is 0.584. The Morgan fingerprint density at radius 2 is 1.78 bits per heavy atom. The van der Waals surface area contributed by atoms with Gasteiger partial charge in [0.2, 0.25) is 0 Å². The Bertz CT molecular complexity index is 471. The summed E-state index contributed by atoms with van der Waals surface area (Å²) in [5.41, 5.74) is 0.992. The highest BCUT2D eigenvalue weighted by Crippen LogP contribution is 2.27. The molecule has 0 unspecified atom stereocenters. The summed E-state index contributed by atoms with van der Waals surface area (Å²) in [5.74, 6) is 0.994. The van der Waals surface area contributed by atoms with Crippen molar-refractivity contribution in [1.29, 1.82) is 0 Å². The number of halogens is 2. The van der Waals surface area contributed by atoms with Crippen LogP contribution in [0, 0.1) is 0 Å². The van der Waals surface area contributed by atoms with E-state index >= 15 is 0 Å². The molecule has 4 heteroatoms. The number of para-hydroxylation sites is 1. The molecule has 0 aliphatic carbocycles. The zero-order valence-electron chi connectivity index (χ0n) is 9.70. The summed E-state index contributed by atoms with van der Waals surface area (Å²) < 4.78 is 1.15. The zero-order valence-corrected chi connectivity index (χ0v) is 12.9. The number of benzene rings is 2. The molecular formula is C14H13BrClNS. The maximum atomic E-state index is 6.07. The van der Waals surface area contributed by atoms with Gasteiger partial charge < -0.3 is 5.32 Å². The summed E-state index contributed by atoms with van der Waals surface area (Å²) in [7, 11) is 0. The van der Waals surface area contributed by atoms with Gasteiger partial charge in [-0.15, -0.1) is 11.8 Å². The number of anilines is 1. The van der Waals surface area contributed by atoms with E-state index in [4.69, 9.17) is 11.6 Å². The Morgan fingerprint density at radius 1 is 1.06 bits per heavy atom. The second kappa shape index (κ2) is 7.07. The van der Waals surface area contributed by atoms with Crippen LogP contribution in [-0.4, -0.2) is 12.3 Å². The van der Waals surface area contributed by atoms with Crippen LogP contribution in [0.4, 0.5) is 5.69 Å². The first-order valence-corrected chi connectivity index (χ1v) is 7.79. The number of nitrogens with one attached hydrogen (secondary N) is 1. The molecule has 0 heterocycles. The molecule has 2 rings (SSSR count). The van der Waals surface area contributed by atoms with Gasteiger partial charge in [-0.2, -0.15) is 0 Å². The van der Waals surface area contributed by atoms with Crippen molar-refractivity contribution in [2.75, 3.05) is 17.6 Å². The van der Waals surface area contributed by atoms with E-state index in [1.54, 1.807) is 0 Å². The molecule has 18 heavy (non-hydrogen) atoms. The summed E-state index contributed by atoms with van der Waals surface area (Å²) in [5, 5.41) is 4.10. The van der Waals surface area contributed by atoms with Gasteiger partial charge in [-0.25, -0.2) is 0 Å². The van der Waals surface area contributed by atoms with Crippen molar-refractivity contribution in [2.45, 2.75) is 4.90 Å². The van der Waals surface area contributed by atoms with Gasteiger partial charge in [-0.1, -0.05) is 35.9 Å². The van der Waals surface area contributed by atoms with Crippen molar-refractivity contribution in [3.8, 4) is 0 Å². The van der Waals surface area contributed by atoms with E-state index in [1.165, 1.54) is 4.90 Å². The van der Waals surface area contributed by atoms with Crippen LogP contribution in [0.3, 0.4) is 0 Å². The normalized spacial score (nSPS) is 10.3. The standard InChI is InChI=1S/C14H13BrClNS/c15-11-5-1-4-8-14(11)18-10-9-17-13-7-3-2-6-12(13)16/h1-8,17H,9-10H2. The van der Waals surface area contributed by atoms with Crippen LogP contribution < -0.4 is 5.32 Å². The number of hydrogen-bond acceptors (Lipinski definition) is 2. The molecule has 94 valence electrons. The topological polar surface area (TPSA) is 12.0 Å². The molecule has 0 aromatic heterocycles. The highest BCUT2D eigenvalue weighted by molar-refractivity contribution is 9.10. The van der Waals surface area contributed by atoms with Crippen molar-refractivity contribution in [3.63, 3.8) is 0 Å². The lowest BCUT2D eigenvalue weighted by Gasteiger charge is -2.08. The molecule has 1 nitrogen and oxygen atoms in total. The van der Waals surface area contributed by atoms with Crippen molar-refractivity contribution in [3.05, 3.63) is 58.0 Å². The highest BCUT2D eigenvalue weighted by atomic mass is 79.9. The minimum absolute atomic E-state index is 0.767. The van der Waals surface area contributed by atoms with E-state index in [2.05, 4.69) is 39.4 Å². The highest BCUT2D eigenvalue weighted by Gasteiger charge is 2.00. The van der Waals surface area contributed by atoms with E-state index < -0.39 is 0 Å². The fourth-order valence-electron chi connectivity index (χ4n) is 1.51. The van der Waals surface area contributed by atoms with Crippen LogP contribution >= 0.6 is 39.3 Å². The van der Waals surface area contributed by atoms with E-state index in [-0.39, 0.29) is 0 Å². The van der Waals surface area contributed by atoms with Gasteiger partial charge in [-0.05, 0) is 40.2 Å². The summed E-state index contributed by atoms with van der Waals surface area (Å²) in [6.45, 7) is 0.885. The lowest BCUT2D eigenvalue weighted by Crippen LogP contribution is -2.04. The van der Waals surface area contributed by atoms with E-state index in [1.807, 2.05) is 42.1 Å².